The maximum Gasteiger partial charge on any atom is 0.126 e. The smallest absolute Gasteiger partial charge is 0.126 e. The van der Waals surface area contributed by atoms with Crippen molar-refractivity contribution in [1.29, 1.82) is 0 Å². The summed E-state index contributed by atoms with van der Waals surface area (Å²) in [6, 6.07) is 5.53. The van der Waals surface area contributed by atoms with Crippen LogP contribution >= 0.6 is 0 Å². The van der Waals surface area contributed by atoms with Gasteiger partial charge in [0.25, 0.3) is 0 Å². The number of piperidine rings is 1. The first-order valence-corrected chi connectivity index (χ1v) is 5.76. The third-order valence-corrected chi connectivity index (χ3v) is 4.00. The molecule has 0 aromatic heterocycles. The van der Waals surface area contributed by atoms with Gasteiger partial charge in [0.05, 0.1) is 0 Å². The van der Waals surface area contributed by atoms with E-state index in [4.69, 9.17) is 0 Å². The summed E-state index contributed by atoms with van der Waals surface area (Å²) in [6.07, 6.45) is 4.43. The predicted molar refractivity (Wildman–Crippen MR) is 58.3 cm³/mol. The molecule has 0 bridgehead atoms. The number of rotatable bonds is 0. The van der Waals surface area contributed by atoms with E-state index in [1.54, 1.807) is 6.07 Å². The van der Waals surface area contributed by atoms with E-state index in [-0.39, 0.29) is 5.82 Å². The van der Waals surface area contributed by atoms with E-state index in [0.717, 1.165) is 31.5 Å². The first-order chi connectivity index (χ1) is 7.29. The van der Waals surface area contributed by atoms with E-state index < -0.39 is 0 Å². The first-order valence-electron chi connectivity index (χ1n) is 5.76. The Kier molecular flexibility index (Phi) is 2.06. The molecule has 0 saturated carbocycles. The number of halogens is 1. The minimum atomic E-state index is 0.00269. The fourth-order valence-corrected chi connectivity index (χ4v) is 3.12. The van der Waals surface area contributed by atoms with E-state index in [0.29, 0.717) is 5.41 Å². The van der Waals surface area contributed by atoms with Crippen LogP contribution in [0.5, 0.6) is 0 Å². The van der Waals surface area contributed by atoms with Crippen molar-refractivity contribution in [3.05, 3.63) is 35.1 Å². The highest BCUT2D eigenvalue weighted by molar-refractivity contribution is 5.35. The average molecular weight is 205 g/mol. The topological polar surface area (TPSA) is 12.0 Å². The zero-order valence-electron chi connectivity index (χ0n) is 8.85. The molecule has 1 aliphatic carbocycles. The lowest BCUT2D eigenvalue weighted by Crippen LogP contribution is -2.37. The van der Waals surface area contributed by atoms with Gasteiger partial charge in [-0.2, -0.15) is 0 Å². The lowest BCUT2D eigenvalue weighted by molar-refractivity contribution is 0.215. The van der Waals surface area contributed by atoms with Crippen molar-refractivity contribution in [3.63, 3.8) is 0 Å². The molecule has 0 unspecified atom stereocenters. The second kappa shape index (κ2) is 3.31. The zero-order valence-corrected chi connectivity index (χ0v) is 8.85. The fourth-order valence-electron chi connectivity index (χ4n) is 3.12. The van der Waals surface area contributed by atoms with Crippen LogP contribution in [-0.2, 0) is 12.8 Å². The summed E-state index contributed by atoms with van der Waals surface area (Å²) < 4.78 is 13.6. The molecule has 1 saturated heterocycles. The van der Waals surface area contributed by atoms with E-state index in [9.17, 15) is 4.39 Å². The number of hydrogen-bond acceptors (Lipinski definition) is 1. The molecule has 0 amide bonds. The van der Waals surface area contributed by atoms with Gasteiger partial charge in [-0.15, -0.1) is 0 Å². The normalized spacial score (nSPS) is 23.0. The summed E-state index contributed by atoms with van der Waals surface area (Å²) >= 11 is 0. The third kappa shape index (κ3) is 1.48. The lowest BCUT2D eigenvalue weighted by Gasteiger charge is -2.33. The van der Waals surface area contributed by atoms with Gasteiger partial charge in [-0.25, -0.2) is 4.39 Å². The molecule has 1 heterocycles. The molecule has 1 spiro atoms. The molecule has 15 heavy (non-hydrogen) atoms. The van der Waals surface area contributed by atoms with Crippen LogP contribution in [0, 0.1) is 11.2 Å². The quantitative estimate of drug-likeness (QED) is 0.685. The van der Waals surface area contributed by atoms with Crippen LogP contribution in [-0.4, -0.2) is 13.1 Å². The second-order valence-corrected chi connectivity index (χ2v) is 4.98. The van der Waals surface area contributed by atoms with Crippen LogP contribution < -0.4 is 5.32 Å². The fraction of sp³-hybridized carbons (Fsp3) is 0.538. The number of hydrogen-bond donors (Lipinski definition) is 1. The SMILES string of the molecule is Fc1cccc2c1CC1(CCNCC1)C2. The molecular weight excluding hydrogens is 189 g/mol. The highest BCUT2D eigenvalue weighted by atomic mass is 19.1. The van der Waals surface area contributed by atoms with Gasteiger partial charge >= 0.3 is 0 Å². The monoisotopic (exact) mass is 205 g/mol. The molecule has 2 aliphatic rings. The molecule has 0 radical (unpaired) electrons. The molecule has 0 atom stereocenters. The van der Waals surface area contributed by atoms with Crippen LogP contribution in [0.15, 0.2) is 18.2 Å². The number of nitrogens with one attached hydrogen (secondary N) is 1. The molecule has 1 nitrogen and oxygen atoms in total. The Morgan fingerprint density at radius 1 is 1.13 bits per heavy atom. The van der Waals surface area contributed by atoms with Gasteiger partial charge in [-0.1, -0.05) is 12.1 Å². The van der Waals surface area contributed by atoms with Gasteiger partial charge in [0.1, 0.15) is 5.82 Å². The minimum absolute atomic E-state index is 0.00269. The molecule has 1 aliphatic heterocycles. The predicted octanol–water partition coefficient (Wildman–Crippen LogP) is 2.29. The number of fused-ring (bicyclic) bond motifs is 1. The van der Waals surface area contributed by atoms with Crippen LogP contribution in [0.25, 0.3) is 0 Å². The molecule has 1 N–H and O–H groups in total. The zero-order chi connectivity index (χ0) is 10.3. The molecule has 80 valence electrons. The Hall–Kier alpha value is -0.890. The van der Waals surface area contributed by atoms with Gasteiger partial charge < -0.3 is 5.32 Å². The van der Waals surface area contributed by atoms with Crippen molar-refractivity contribution in [2.45, 2.75) is 25.7 Å². The summed E-state index contributed by atoms with van der Waals surface area (Å²) in [5.41, 5.74) is 2.60. The summed E-state index contributed by atoms with van der Waals surface area (Å²) in [5, 5.41) is 3.38. The average Bonchev–Trinajstić information content (AvgIpc) is 2.59. The summed E-state index contributed by atoms with van der Waals surface area (Å²) in [4.78, 5) is 0. The van der Waals surface area contributed by atoms with Crippen molar-refractivity contribution >= 4 is 0 Å². The first kappa shape index (κ1) is 9.34. The molecule has 1 fully saturated rings. The highest BCUT2D eigenvalue weighted by Gasteiger charge is 2.38. The standard InChI is InChI=1S/C13H16FN/c14-12-3-1-2-10-8-13(9-11(10)12)4-6-15-7-5-13/h1-3,15H,4-9H2. The van der Waals surface area contributed by atoms with Crippen molar-refractivity contribution in [2.24, 2.45) is 5.41 Å². The van der Waals surface area contributed by atoms with Gasteiger partial charge in [0, 0.05) is 0 Å². The van der Waals surface area contributed by atoms with Crippen molar-refractivity contribution in [3.8, 4) is 0 Å². The third-order valence-electron chi connectivity index (χ3n) is 4.00. The van der Waals surface area contributed by atoms with E-state index >= 15 is 0 Å². The van der Waals surface area contributed by atoms with Gasteiger partial charge in [0.15, 0.2) is 0 Å². The van der Waals surface area contributed by atoms with E-state index in [1.807, 2.05) is 6.07 Å². The Bertz CT molecular complexity index is 380. The highest BCUT2D eigenvalue weighted by Crippen LogP contribution is 2.43. The largest absolute Gasteiger partial charge is 0.317 e. The van der Waals surface area contributed by atoms with Crippen molar-refractivity contribution in [1.82, 2.24) is 5.32 Å². The van der Waals surface area contributed by atoms with Gasteiger partial charge in [0.2, 0.25) is 0 Å². The summed E-state index contributed by atoms with van der Waals surface area (Å²) in [6.45, 7) is 2.19. The lowest BCUT2D eigenvalue weighted by atomic mass is 9.76. The molecule has 1 aromatic carbocycles. The Labute approximate surface area is 89.7 Å². The maximum atomic E-state index is 13.6. The second-order valence-electron chi connectivity index (χ2n) is 4.98. The van der Waals surface area contributed by atoms with Crippen molar-refractivity contribution < 1.29 is 4.39 Å². The number of benzene rings is 1. The van der Waals surface area contributed by atoms with Crippen molar-refractivity contribution in [2.75, 3.05) is 13.1 Å². The molecule has 1 aromatic rings. The molecule has 3 rings (SSSR count). The molecular formula is C13H16FN. The minimum Gasteiger partial charge on any atom is -0.317 e. The van der Waals surface area contributed by atoms with E-state index in [1.165, 1.54) is 18.4 Å². The summed E-state index contributed by atoms with van der Waals surface area (Å²) in [7, 11) is 0. The van der Waals surface area contributed by atoms with Crippen LogP contribution in [0.1, 0.15) is 24.0 Å². The Morgan fingerprint density at radius 2 is 1.93 bits per heavy atom. The van der Waals surface area contributed by atoms with Crippen LogP contribution in [0.2, 0.25) is 0 Å². The van der Waals surface area contributed by atoms with Gasteiger partial charge in [-0.3, -0.25) is 0 Å². The Morgan fingerprint density at radius 3 is 2.67 bits per heavy atom. The molecule has 2 heteroatoms. The van der Waals surface area contributed by atoms with Crippen LogP contribution in [0.3, 0.4) is 0 Å². The van der Waals surface area contributed by atoms with Crippen LogP contribution in [0.4, 0.5) is 4.39 Å². The Balaban J connectivity index is 1.94. The summed E-state index contributed by atoms with van der Waals surface area (Å²) in [5.74, 6) is 0.00269. The maximum absolute atomic E-state index is 13.6. The van der Waals surface area contributed by atoms with E-state index in [2.05, 4.69) is 11.4 Å². The van der Waals surface area contributed by atoms with Gasteiger partial charge in [-0.05, 0) is 61.4 Å².